The molecule has 1 fully saturated rings. The number of piperidine rings is 1. The first-order valence-electron chi connectivity index (χ1n) is 8.74. The summed E-state index contributed by atoms with van der Waals surface area (Å²) in [5.74, 6) is -0.521. The topological polar surface area (TPSA) is 110 Å². The highest BCUT2D eigenvalue weighted by atomic mass is 32.2. The summed E-state index contributed by atoms with van der Waals surface area (Å²) in [6, 6.07) is 8.69. The van der Waals surface area contributed by atoms with Crippen LogP contribution in [0.5, 0.6) is 0 Å². The van der Waals surface area contributed by atoms with Gasteiger partial charge in [-0.3, -0.25) is 14.9 Å². The van der Waals surface area contributed by atoms with Crippen molar-refractivity contribution in [2.75, 3.05) is 18.4 Å². The zero-order chi connectivity index (χ0) is 20.5. The minimum atomic E-state index is -3.65. The van der Waals surface area contributed by atoms with E-state index in [0.717, 1.165) is 24.2 Å². The van der Waals surface area contributed by atoms with Crippen molar-refractivity contribution in [1.29, 1.82) is 0 Å². The van der Waals surface area contributed by atoms with E-state index in [9.17, 15) is 23.3 Å². The zero-order valence-corrected chi connectivity index (χ0v) is 17.2. The Morgan fingerprint density at radius 1 is 1.21 bits per heavy atom. The number of amides is 1. The molecule has 0 bridgehead atoms. The van der Waals surface area contributed by atoms with Gasteiger partial charge in [0.25, 0.3) is 5.91 Å². The van der Waals surface area contributed by atoms with Crippen molar-refractivity contribution >= 4 is 38.0 Å². The second-order valence-corrected chi connectivity index (χ2v) is 10.4. The molecular formula is C18H21N3O5S2. The summed E-state index contributed by atoms with van der Waals surface area (Å²) in [4.78, 5) is 22.8. The number of carbonyl (C=O) groups excluding carboxylic acids is 1. The Morgan fingerprint density at radius 3 is 2.50 bits per heavy atom. The van der Waals surface area contributed by atoms with E-state index in [0.29, 0.717) is 18.8 Å². The normalized spacial score (nSPS) is 17.2. The predicted molar refractivity (Wildman–Crippen MR) is 107 cm³/mol. The minimum Gasteiger partial charge on any atom is -0.321 e. The number of thiophene rings is 1. The molecule has 0 unspecified atom stereocenters. The molecule has 3 rings (SSSR count). The van der Waals surface area contributed by atoms with Gasteiger partial charge in [-0.1, -0.05) is 31.3 Å². The Kier molecular flexibility index (Phi) is 5.55. The van der Waals surface area contributed by atoms with Crippen LogP contribution in [0.3, 0.4) is 0 Å². The number of carbonyl (C=O) groups is 1. The average molecular weight is 424 g/mol. The highest BCUT2D eigenvalue weighted by molar-refractivity contribution is 7.89. The number of nitro groups is 1. The van der Waals surface area contributed by atoms with Gasteiger partial charge in [0.1, 0.15) is 0 Å². The molecule has 1 aliphatic heterocycles. The Balaban J connectivity index is 1.76. The van der Waals surface area contributed by atoms with Gasteiger partial charge >= 0.3 is 5.00 Å². The third kappa shape index (κ3) is 4.40. The van der Waals surface area contributed by atoms with Gasteiger partial charge in [-0.05, 0) is 42.5 Å². The number of benzene rings is 1. The number of nitrogens with zero attached hydrogens (tertiary/aromatic N) is 2. The van der Waals surface area contributed by atoms with Gasteiger partial charge in [-0.25, -0.2) is 8.42 Å². The van der Waals surface area contributed by atoms with E-state index in [4.69, 9.17) is 0 Å². The van der Waals surface area contributed by atoms with Crippen molar-refractivity contribution in [2.24, 2.45) is 5.41 Å². The lowest BCUT2D eigenvalue weighted by Crippen LogP contribution is -2.41. The second kappa shape index (κ2) is 7.61. The number of anilines is 1. The van der Waals surface area contributed by atoms with Crippen LogP contribution in [0.4, 0.5) is 10.7 Å². The van der Waals surface area contributed by atoms with Crippen LogP contribution >= 0.6 is 11.3 Å². The molecule has 2 heterocycles. The fraction of sp³-hybridized carbons (Fsp3) is 0.389. The lowest BCUT2D eigenvalue weighted by Gasteiger charge is -2.36. The Morgan fingerprint density at radius 2 is 1.89 bits per heavy atom. The second-order valence-electron chi connectivity index (χ2n) is 7.45. The minimum absolute atomic E-state index is 0.113. The standard InChI is InChI=1S/C18H21N3O5S2/c1-18(2)8-10-20(11-9-18)28(25,26)14-5-3-4-13(12-14)19-17(22)15-6-7-16(27-15)21(23)24/h3-7,12H,8-11H2,1-2H3,(H,19,22). The van der Waals surface area contributed by atoms with Crippen molar-refractivity contribution in [1.82, 2.24) is 4.31 Å². The molecule has 0 saturated carbocycles. The van der Waals surface area contributed by atoms with Crippen LogP contribution in [0.2, 0.25) is 0 Å². The molecule has 10 heteroatoms. The summed E-state index contributed by atoms with van der Waals surface area (Å²) in [6.07, 6.45) is 1.58. The highest BCUT2D eigenvalue weighted by Gasteiger charge is 2.32. The SMILES string of the molecule is CC1(C)CCN(S(=O)(=O)c2cccc(NC(=O)c3ccc([N+](=O)[O-])s3)c2)CC1. The fourth-order valence-corrected chi connectivity index (χ4v) is 5.16. The van der Waals surface area contributed by atoms with Gasteiger partial charge in [-0.15, -0.1) is 0 Å². The molecule has 1 aliphatic rings. The first-order valence-corrected chi connectivity index (χ1v) is 11.0. The van der Waals surface area contributed by atoms with Gasteiger partial charge in [-0.2, -0.15) is 4.31 Å². The van der Waals surface area contributed by atoms with Crippen LogP contribution in [-0.2, 0) is 10.0 Å². The molecule has 0 spiro atoms. The third-order valence-corrected chi connectivity index (χ3v) is 7.73. The van der Waals surface area contributed by atoms with Crippen molar-refractivity contribution in [3.63, 3.8) is 0 Å². The van der Waals surface area contributed by atoms with E-state index >= 15 is 0 Å². The molecule has 1 saturated heterocycles. The Labute approximate surface area is 167 Å². The van der Waals surface area contributed by atoms with E-state index in [1.807, 2.05) is 0 Å². The average Bonchev–Trinajstić information content (AvgIpc) is 3.12. The summed E-state index contributed by atoms with van der Waals surface area (Å²) in [6.45, 7) is 5.18. The van der Waals surface area contributed by atoms with E-state index in [-0.39, 0.29) is 20.2 Å². The molecule has 0 atom stereocenters. The van der Waals surface area contributed by atoms with Gasteiger partial charge < -0.3 is 5.32 Å². The van der Waals surface area contributed by atoms with Gasteiger partial charge in [0.05, 0.1) is 14.7 Å². The van der Waals surface area contributed by atoms with Crippen LogP contribution in [-0.4, -0.2) is 36.6 Å². The van der Waals surface area contributed by atoms with Gasteiger partial charge in [0, 0.05) is 24.8 Å². The van der Waals surface area contributed by atoms with Crippen LogP contribution < -0.4 is 5.32 Å². The molecular weight excluding hydrogens is 402 g/mol. The molecule has 1 aromatic heterocycles. The van der Waals surface area contributed by atoms with E-state index in [1.54, 1.807) is 12.1 Å². The molecule has 28 heavy (non-hydrogen) atoms. The summed E-state index contributed by atoms with van der Waals surface area (Å²) >= 11 is 0.763. The van der Waals surface area contributed by atoms with Crippen LogP contribution in [0.25, 0.3) is 0 Å². The summed E-state index contributed by atoms with van der Waals surface area (Å²) < 4.78 is 27.3. The maximum absolute atomic E-state index is 12.9. The number of hydrogen-bond donors (Lipinski definition) is 1. The van der Waals surface area contributed by atoms with Crippen molar-refractivity contribution < 1.29 is 18.1 Å². The molecule has 2 aromatic rings. The molecule has 1 aromatic carbocycles. The van der Waals surface area contributed by atoms with Crippen molar-refractivity contribution in [2.45, 2.75) is 31.6 Å². The number of nitrogens with one attached hydrogen (secondary N) is 1. The molecule has 0 radical (unpaired) electrons. The number of rotatable bonds is 5. The quantitative estimate of drug-likeness (QED) is 0.582. The lowest BCUT2D eigenvalue weighted by atomic mass is 9.83. The number of sulfonamides is 1. The van der Waals surface area contributed by atoms with Crippen LogP contribution in [0.1, 0.15) is 36.4 Å². The largest absolute Gasteiger partial charge is 0.324 e. The lowest BCUT2D eigenvalue weighted by molar-refractivity contribution is -0.380. The number of hydrogen-bond acceptors (Lipinski definition) is 6. The zero-order valence-electron chi connectivity index (χ0n) is 15.5. The maximum Gasteiger partial charge on any atom is 0.324 e. The van der Waals surface area contributed by atoms with Gasteiger partial charge in [0.2, 0.25) is 10.0 Å². The third-order valence-electron chi connectivity index (χ3n) is 4.80. The molecule has 1 N–H and O–H groups in total. The first kappa shape index (κ1) is 20.4. The van der Waals surface area contributed by atoms with Crippen LogP contribution in [0.15, 0.2) is 41.3 Å². The fourth-order valence-electron chi connectivity index (χ4n) is 2.96. The monoisotopic (exact) mass is 423 g/mol. The predicted octanol–water partition coefficient (Wildman–Crippen LogP) is 3.72. The molecule has 150 valence electrons. The summed E-state index contributed by atoms with van der Waals surface area (Å²) in [7, 11) is -3.65. The molecule has 8 nitrogen and oxygen atoms in total. The Hall–Kier alpha value is -2.30. The molecule has 0 aliphatic carbocycles. The van der Waals surface area contributed by atoms with Gasteiger partial charge in [0.15, 0.2) is 0 Å². The first-order chi connectivity index (χ1) is 13.1. The van der Waals surface area contributed by atoms with Crippen molar-refractivity contribution in [3.05, 3.63) is 51.4 Å². The van der Waals surface area contributed by atoms with E-state index in [2.05, 4.69) is 19.2 Å². The van der Waals surface area contributed by atoms with E-state index < -0.39 is 20.9 Å². The highest BCUT2D eigenvalue weighted by Crippen LogP contribution is 2.33. The Bertz CT molecular complexity index is 1000. The summed E-state index contributed by atoms with van der Waals surface area (Å²) in [5.41, 5.74) is 0.449. The van der Waals surface area contributed by atoms with E-state index in [1.165, 1.54) is 28.6 Å². The smallest absolute Gasteiger partial charge is 0.321 e. The summed E-state index contributed by atoms with van der Waals surface area (Å²) in [5, 5.41) is 13.2. The van der Waals surface area contributed by atoms with Crippen molar-refractivity contribution in [3.8, 4) is 0 Å². The maximum atomic E-state index is 12.9. The van der Waals surface area contributed by atoms with Crippen LogP contribution in [0, 0.1) is 15.5 Å². The molecule has 1 amide bonds.